The SMILES string of the molecule is Cc1ccc([C@H](OC(=O)N2C(C)(C)COC2(C)C)C2CCCCC2)cc1. The first-order chi connectivity index (χ1) is 12.2. The Balaban J connectivity index is 1.85. The van der Waals surface area contributed by atoms with E-state index in [4.69, 9.17) is 9.47 Å². The lowest BCUT2D eigenvalue weighted by Crippen LogP contribution is -2.53. The van der Waals surface area contributed by atoms with Gasteiger partial charge in [-0.15, -0.1) is 0 Å². The van der Waals surface area contributed by atoms with Crippen molar-refractivity contribution in [1.29, 1.82) is 0 Å². The molecule has 144 valence electrons. The predicted octanol–water partition coefficient (Wildman–Crippen LogP) is 5.60. The van der Waals surface area contributed by atoms with Gasteiger partial charge >= 0.3 is 6.09 Å². The maximum absolute atomic E-state index is 13.2. The third kappa shape index (κ3) is 3.90. The number of benzene rings is 1. The molecule has 1 saturated heterocycles. The van der Waals surface area contributed by atoms with Crippen LogP contribution >= 0.6 is 0 Å². The van der Waals surface area contributed by atoms with Crippen molar-refractivity contribution in [2.45, 2.75) is 84.1 Å². The molecule has 2 aliphatic rings. The smallest absolute Gasteiger partial charge is 0.413 e. The van der Waals surface area contributed by atoms with E-state index in [1.165, 1.54) is 24.8 Å². The molecule has 2 fully saturated rings. The molecule has 1 aromatic rings. The van der Waals surface area contributed by atoms with Gasteiger partial charge in [0.2, 0.25) is 0 Å². The van der Waals surface area contributed by atoms with Crippen molar-refractivity contribution in [3.63, 3.8) is 0 Å². The summed E-state index contributed by atoms with van der Waals surface area (Å²) in [5, 5.41) is 0. The number of carbonyl (C=O) groups is 1. The maximum Gasteiger partial charge on any atom is 0.413 e. The van der Waals surface area contributed by atoms with E-state index in [2.05, 4.69) is 31.2 Å². The van der Waals surface area contributed by atoms with Crippen molar-refractivity contribution < 1.29 is 14.3 Å². The molecule has 1 saturated carbocycles. The van der Waals surface area contributed by atoms with Crippen LogP contribution in [0.2, 0.25) is 0 Å². The molecule has 26 heavy (non-hydrogen) atoms. The van der Waals surface area contributed by atoms with Crippen molar-refractivity contribution in [2.24, 2.45) is 5.92 Å². The van der Waals surface area contributed by atoms with Crippen LogP contribution in [0.1, 0.15) is 77.0 Å². The molecule has 1 aliphatic carbocycles. The third-order valence-electron chi connectivity index (χ3n) is 5.82. The zero-order chi connectivity index (χ0) is 18.9. The van der Waals surface area contributed by atoms with Gasteiger partial charge in [-0.3, -0.25) is 4.90 Å². The van der Waals surface area contributed by atoms with Crippen LogP contribution in [-0.4, -0.2) is 28.9 Å². The van der Waals surface area contributed by atoms with E-state index < -0.39 is 5.72 Å². The topological polar surface area (TPSA) is 38.8 Å². The highest BCUT2D eigenvalue weighted by Crippen LogP contribution is 2.40. The van der Waals surface area contributed by atoms with Gasteiger partial charge in [0.15, 0.2) is 0 Å². The quantitative estimate of drug-likeness (QED) is 0.705. The highest BCUT2D eigenvalue weighted by atomic mass is 16.6. The summed E-state index contributed by atoms with van der Waals surface area (Å²) in [6, 6.07) is 8.43. The number of ether oxygens (including phenoxy) is 2. The first-order valence-corrected chi connectivity index (χ1v) is 9.92. The van der Waals surface area contributed by atoms with Crippen LogP contribution in [-0.2, 0) is 9.47 Å². The van der Waals surface area contributed by atoms with Crippen LogP contribution in [0.3, 0.4) is 0 Å². The molecule has 0 radical (unpaired) electrons. The van der Waals surface area contributed by atoms with Crippen molar-refractivity contribution in [2.75, 3.05) is 6.61 Å². The highest BCUT2D eigenvalue weighted by molar-refractivity contribution is 5.70. The van der Waals surface area contributed by atoms with Crippen LogP contribution in [0.4, 0.5) is 4.79 Å². The van der Waals surface area contributed by atoms with Crippen molar-refractivity contribution in [3.8, 4) is 0 Å². The summed E-state index contributed by atoms with van der Waals surface area (Å²) in [7, 11) is 0. The van der Waals surface area contributed by atoms with E-state index in [9.17, 15) is 4.79 Å². The second kappa shape index (κ2) is 7.22. The fourth-order valence-electron chi connectivity index (χ4n) is 4.47. The minimum atomic E-state index is -0.648. The van der Waals surface area contributed by atoms with Crippen LogP contribution in [0, 0.1) is 12.8 Å². The van der Waals surface area contributed by atoms with Gasteiger partial charge in [-0.05, 0) is 53.0 Å². The van der Waals surface area contributed by atoms with E-state index in [1.807, 2.05) is 27.7 Å². The van der Waals surface area contributed by atoms with E-state index in [1.54, 1.807) is 4.90 Å². The van der Waals surface area contributed by atoms with E-state index in [0.717, 1.165) is 18.4 Å². The van der Waals surface area contributed by atoms with Gasteiger partial charge in [0.1, 0.15) is 11.8 Å². The van der Waals surface area contributed by atoms with Gasteiger partial charge in [-0.25, -0.2) is 4.79 Å². The number of hydrogen-bond acceptors (Lipinski definition) is 3. The Morgan fingerprint density at radius 3 is 2.27 bits per heavy atom. The van der Waals surface area contributed by atoms with Gasteiger partial charge in [-0.1, -0.05) is 49.1 Å². The maximum atomic E-state index is 13.2. The molecule has 1 aromatic carbocycles. The first kappa shape index (κ1) is 19.2. The Morgan fingerprint density at radius 1 is 1.12 bits per heavy atom. The molecule has 1 aliphatic heterocycles. The summed E-state index contributed by atoms with van der Waals surface area (Å²) < 4.78 is 12.0. The Morgan fingerprint density at radius 2 is 1.73 bits per heavy atom. The molecule has 4 nitrogen and oxygen atoms in total. The number of nitrogens with zero attached hydrogens (tertiary/aromatic N) is 1. The van der Waals surface area contributed by atoms with Crippen LogP contribution in [0.15, 0.2) is 24.3 Å². The number of carbonyl (C=O) groups excluding carboxylic acids is 1. The summed E-state index contributed by atoms with van der Waals surface area (Å²) in [4.78, 5) is 15.0. The van der Waals surface area contributed by atoms with E-state index in [0.29, 0.717) is 12.5 Å². The molecular weight excluding hydrogens is 326 g/mol. The highest BCUT2D eigenvalue weighted by Gasteiger charge is 2.50. The molecule has 0 N–H and O–H groups in total. The molecular formula is C22H33NO3. The third-order valence-corrected chi connectivity index (χ3v) is 5.82. The predicted molar refractivity (Wildman–Crippen MR) is 103 cm³/mol. The first-order valence-electron chi connectivity index (χ1n) is 9.92. The lowest BCUT2D eigenvalue weighted by atomic mass is 9.82. The van der Waals surface area contributed by atoms with Gasteiger partial charge in [0.05, 0.1) is 12.1 Å². The lowest BCUT2D eigenvalue weighted by Gasteiger charge is -2.39. The Kier molecular flexibility index (Phi) is 5.34. The Hall–Kier alpha value is -1.55. The minimum Gasteiger partial charge on any atom is -0.441 e. The molecule has 1 atom stereocenters. The van der Waals surface area contributed by atoms with Crippen molar-refractivity contribution in [3.05, 3.63) is 35.4 Å². The lowest BCUT2D eigenvalue weighted by molar-refractivity contribution is -0.0654. The van der Waals surface area contributed by atoms with E-state index >= 15 is 0 Å². The standard InChI is InChI=1S/C22H33NO3/c1-16-11-13-18(14-12-16)19(17-9-7-6-8-10-17)26-20(24)23-21(2,3)15-25-22(23,4)5/h11-14,17,19H,6-10,15H2,1-5H3/t19-/m1/s1. The van der Waals surface area contributed by atoms with Crippen LogP contribution in [0.5, 0.6) is 0 Å². The summed E-state index contributed by atoms with van der Waals surface area (Å²) >= 11 is 0. The van der Waals surface area contributed by atoms with Crippen LogP contribution < -0.4 is 0 Å². The normalized spacial score (nSPS) is 23.7. The summed E-state index contributed by atoms with van der Waals surface area (Å²) in [5.74, 6) is 0.394. The van der Waals surface area contributed by atoms with E-state index in [-0.39, 0.29) is 17.7 Å². The zero-order valence-electron chi connectivity index (χ0n) is 16.9. The summed E-state index contributed by atoms with van der Waals surface area (Å²) in [6.45, 7) is 10.5. The fraction of sp³-hybridized carbons (Fsp3) is 0.682. The monoisotopic (exact) mass is 359 g/mol. The van der Waals surface area contributed by atoms with Crippen LogP contribution in [0.25, 0.3) is 0 Å². The molecule has 3 rings (SSSR count). The second-order valence-electron chi connectivity index (χ2n) is 9.00. The molecule has 0 aromatic heterocycles. The molecule has 4 heteroatoms. The number of amides is 1. The second-order valence-corrected chi connectivity index (χ2v) is 9.00. The van der Waals surface area contributed by atoms with Gasteiger partial charge < -0.3 is 9.47 Å². The average Bonchev–Trinajstić information content (AvgIpc) is 2.82. The van der Waals surface area contributed by atoms with Gasteiger partial charge in [0.25, 0.3) is 0 Å². The average molecular weight is 360 g/mol. The largest absolute Gasteiger partial charge is 0.441 e. The molecule has 1 amide bonds. The zero-order valence-corrected chi connectivity index (χ0v) is 16.9. The summed E-state index contributed by atoms with van der Waals surface area (Å²) in [6.07, 6.45) is 5.50. The minimum absolute atomic E-state index is 0.185. The van der Waals surface area contributed by atoms with Gasteiger partial charge in [-0.2, -0.15) is 0 Å². The van der Waals surface area contributed by atoms with Crippen molar-refractivity contribution in [1.82, 2.24) is 4.90 Å². The molecule has 0 unspecified atom stereocenters. The number of hydrogen-bond donors (Lipinski definition) is 0. The molecule has 1 heterocycles. The number of rotatable bonds is 3. The molecule has 0 bridgehead atoms. The Bertz CT molecular complexity index is 613. The number of aryl methyl sites for hydroxylation is 1. The van der Waals surface area contributed by atoms with Crippen molar-refractivity contribution >= 4 is 6.09 Å². The fourth-order valence-corrected chi connectivity index (χ4v) is 4.47. The Labute approximate surface area is 157 Å². The molecule has 0 spiro atoms. The summed E-state index contributed by atoms with van der Waals surface area (Å²) in [5.41, 5.74) is 1.31. The van der Waals surface area contributed by atoms with Gasteiger partial charge in [0, 0.05) is 5.92 Å².